The van der Waals surface area contributed by atoms with E-state index in [1.165, 1.54) is 6.07 Å². The number of hydrogen-bond donors (Lipinski definition) is 0. The van der Waals surface area contributed by atoms with Crippen LogP contribution in [0.25, 0.3) is 0 Å². The molecule has 0 unspecified atom stereocenters. The van der Waals surface area contributed by atoms with Crippen molar-refractivity contribution in [1.29, 1.82) is 0 Å². The maximum absolute atomic E-state index is 12.5. The van der Waals surface area contributed by atoms with E-state index in [0.717, 1.165) is 17.7 Å². The Balaban J connectivity index is 3.28. The summed E-state index contributed by atoms with van der Waals surface area (Å²) in [7, 11) is 0. The Labute approximate surface area is 118 Å². The second-order valence-electron chi connectivity index (χ2n) is 4.57. The summed E-state index contributed by atoms with van der Waals surface area (Å²) in [4.78, 5) is 11.7. The SMILES string of the molecule is CCc1ccc(C(=O)C(C(F)(F)F)C(F)(F)F)cc1CC. The Bertz CT molecular complexity index is 501. The molecule has 0 radical (unpaired) electrons. The van der Waals surface area contributed by atoms with Crippen molar-refractivity contribution in [2.24, 2.45) is 5.92 Å². The smallest absolute Gasteiger partial charge is 0.293 e. The van der Waals surface area contributed by atoms with Crippen molar-refractivity contribution in [3.8, 4) is 0 Å². The van der Waals surface area contributed by atoms with E-state index in [0.29, 0.717) is 18.4 Å². The number of carbonyl (C=O) groups excluding carboxylic acids is 1. The molecule has 1 aromatic rings. The van der Waals surface area contributed by atoms with Gasteiger partial charge in [-0.1, -0.05) is 26.0 Å². The lowest BCUT2D eigenvalue weighted by Crippen LogP contribution is -2.42. The summed E-state index contributed by atoms with van der Waals surface area (Å²) in [6.45, 7) is 3.53. The lowest BCUT2D eigenvalue weighted by atomic mass is 9.92. The molecular formula is C14H14F6O. The highest BCUT2D eigenvalue weighted by atomic mass is 19.4. The van der Waals surface area contributed by atoms with Gasteiger partial charge in [0, 0.05) is 5.56 Å². The average Bonchev–Trinajstić information content (AvgIpc) is 2.34. The first kappa shape index (κ1) is 17.5. The van der Waals surface area contributed by atoms with Gasteiger partial charge in [-0.15, -0.1) is 0 Å². The molecule has 0 spiro atoms. The van der Waals surface area contributed by atoms with Gasteiger partial charge < -0.3 is 0 Å². The van der Waals surface area contributed by atoms with Crippen LogP contribution in [0.3, 0.4) is 0 Å². The molecule has 0 aliphatic heterocycles. The highest BCUT2D eigenvalue weighted by Gasteiger charge is 2.60. The fourth-order valence-electron chi connectivity index (χ4n) is 2.10. The minimum Gasteiger partial charge on any atom is -0.293 e. The minimum absolute atomic E-state index is 0.424. The molecule has 7 heteroatoms. The van der Waals surface area contributed by atoms with Crippen molar-refractivity contribution >= 4 is 5.78 Å². The first-order valence-corrected chi connectivity index (χ1v) is 6.31. The standard InChI is InChI=1S/C14H14F6O/c1-3-8-5-6-10(7-9(8)4-2)11(21)12(13(15,16)17)14(18,19)20/h5-7,12H,3-4H2,1-2H3. The van der Waals surface area contributed by atoms with Gasteiger partial charge in [-0.3, -0.25) is 4.79 Å². The first-order valence-electron chi connectivity index (χ1n) is 6.31. The molecule has 0 heterocycles. The molecule has 0 atom stereocenters. The van der Waals surface area contributed by atoms with Crippen LogP contribution < -0.4 is 0 Å². The number of alkyl halides is 6. The van der Waals surface area contributed by atoms with Crippen LogP contribution in [0.2, 0.25) is 0 Å². The number of Topliss-reactive ketones (excluding diaryl/α,β-unsaturated/α-hetero) is 1. The summed E-state index contributed by atoms with van der Waals surface area (Å²) in [6, 6.07) is 3.53. The number of carbonyl (C=O) groups is 1. The molecule has 1 aromatic carbocycles. The van der Waals surface area contributed by atoms with Crippen molar-refractivity contribution in [1.82, 2.24) is 0 Å². The number of halogens is 6. The highest BCUT2D eigenvalue weighted by molar-refractivity contribution is 5.99. The maximum atomic E-state index is 12.5. The van der Waals surface area contributed by atoms with Gasteiger partial charge >= 0.3 is 12.4 Å². The minimum atomic E-state index is -5.66. The van der Waals surface area contributed by atoms with Gasteiger partial charge in [0.2, 0.25) is 5.92 Å². The first-order chi connectivity index (χ1) is 9.52. The molecule has 0 saturated carbocycles. The molecule has 0 fully saturated rings. The highest BCUT2D eigenvalue weighted by Crippen LogP contribution is 2.41. The van der Waals surface area contributed by atoms with Crippen LogP contribution in [0, 0.1) is 5.92 Å². The van der Waals surface area contributed by atoms with Crippen molar-refractivity contribution in [2.75, 3.05) is 0 Å². The molecule has 0 amide bonds. The Morgan fingerprint density at radius 1 is 0.952 bits per heavy atom. The van der Waals surface area contributed by atoms with Crippen molar-refractivity contribution < 1.29 is 31.1 Å². The van der Waals surface area contributed by atoms with Crippen molar-refractivity contribution in [3.63, 3.8) is 0 Å². The largest absolute Gasteiger partial charge is 0.407 e. The number of benzene rings is 1. The summed E-state index contributed by atoms with van der Waals surface area (Å²) in [5, 5.41) is 0. The molecule has 0 N–H and O–H groups in total. The Morgan fingerprint density at radius 3 is 1.81 bits per heavy atom. The Kier molecular flexibility index (Phi) is 5.07. The molecular weight excluding hydrogens is 298 g/mol. The van der Waals surface area contributed by atoms with E-state index in [1.807, 2.05) is 6.92 Å². The van der Waals surface area contributed by atoms with Crippen LogP contribution >= 0.6 is 0 Å². The molecule has 1 rings (SSSR count). The predicted molar refractivity (Wildman–Crippen MR) is 65.1 cm³/mol. The molecule has 0 saturated heterocycles. The van der Waals surface area contributed by atoms with E-state index in [4.69, 9.17) is 0 Å². The number of hydrogen-bond acceptors (Lipinski definition) is 1. The quantitative estimate of drug-likeness (QED) is 0.580. The van der Waals surface area contributed by atoms with Gasteiger partial charge in [0.25, 0.3) is 0 Å². The van der Waals surface area contributed by atoms with E-state index in [1.54, 1.807) is 6.92 Å². The van der Waals surface area contributed by atoms with Gasteiger partial charge in [-0.2, -0.15) is 26.3 Å². The molecule has 0 aromatic heterocycles. The van der Waals surface area contributed by atoms with Crippen molar-refractivity contribution in [3.05, 3.63) is 34.9 Å². The summed E-state index contributed by atoms with van der Waals surface area (Å²) >= 11 is 0. The monoisotopic (exact) mass is 312 g/mol. The van der Waals surface area contributed by atoms with Gasteiger partial charge in [0.1, 0.15) is 0 Å². The third-order valence-electron chi connectivity index (χ3n) is 3.17. The molecule has 0 aliphatic rings. The Hall–Kier alpha value is -1.53. The van der Waals surface area contributed by atoms with Crippen LogP contribution in [0.1, 0.15) is 35.3 Å². The maximum Gasteiger partial charge on any atom is 0.407 e. The van der Waals surface area contributed by atoms with E-state index in [9.17, 15) is 31.1 Å². The van der Waals surface area contributed by atoms with E-state index < -0.39 is 29.6 Å². The second kappa shape index (κ2) is 6.07. The van der Waals surface area contributed by atoms with Crippen molar-refractivity contribution in [2.45, 2.75) is 39.0 Å². The van der Waals surface area contributed by atoms with E-state index in [-0.39, 0.29) is 0 Å². The van der Waals surface area contributed by atoms with Gasteiger partial charge in [-0.25, -0.2) is 0 Å². The summed E-state index contributed by atoms with van der Waals surface area (Å²) in [5.74, 6) is -5.95. The fraction of sp³-hybridized carbons (Fsp3) is 0.500. The average molecular weight is 312 g/mol. The lowest BCUT2D eigenvalue weighted by Gasteiger charge is -2.22. The summed E-state index contributed by atoms with van der Waals surface area (Å²) < 4.78 is 75.2. The van der Waals surface area contributed by atoms with Gasteiger partial charge in [0.15, 0.2) is 5.78 Å². The lowest BCUT2D eigenvalue weighted by molar-refractivity contribution is -0.264. The second-order valence-corrected chi connectivity index (χ2v) is 4.57. The zero-order chi connectivity index (χ0) is 16.4. The van der Waals surface area contributed by atoms with Crippen LogP contribution in [0.15, 0.2) is 18.2 Å². The van der Waals surface area contributed by atoms with Crippen LogP contribution in [-0.4, -0.2) is 18.1 Å². The summed E-state index contributed by atoms with van der Waals surface area (Å²) in [6.07, 6.45) is -10.3. The molecule has 0 bridgehead atoms. The third-order valence-corrected chi connectivity index (χ3v) is 3.17. The Morgan fingerprint density at radius 2 is 1.43 bits per heavy atom. The molecule has 118 valence electrons. The third kappa shape index (κ3) is 3.98. The van der Waals surface area contributed by atoms with Gasteiger partial charge in [0.05, 0.1) is 0 Å². The number of rotatable bonds is 4. The topological polar surface area (TPSA) is 17.1 Å². The fourth-order valence-corrected chi connectivity index (χ4v) is 2.10. The number of ketones is 1. The molecule has 0 aliphatic carbocycles. The van der Waals surface area contributed by atoms with Crippen LogP contribution in [-0.2, 0) is 12.8 Å². The molecule has 1 nitrogen and oxygen atoms in total. The summed E-state index contributed by atoms with van der Waals surface area (Å²) in [5.41, 5.74) is 0.805. The zero-order valence-corrected chi connectivity index (χ0v) is 11.4. The van der Waals surface area contributed by atoms with E-state index in [2.05, 4.69) is 0 Å². The van der Waals surface area contributed by atoms with Crippen LogP contribution in [0.4, 0.5) is 26.3 Å². The molecule has 21 heavy (non-hydrogen) atoms. The van der Waals surface area contributed by atoms with Crippen LogP contribution in [0.5, 0.6) is 0 Å². The van der Waals surface area contributed by atoms with E-state index >= 15 is 0 Å². The normalized spacial score (nSPS) is 12.8. The van der Waals surface area contributed by atoms with Gasteiger partial charge in [-0.05, 0) is 30.0 Å². The number of aryl methyl sites for hydroxylation is 2. The zero-order valence-electron chi connectivity index (χ0n) is 11.4. The predicted octanol–water partition coefficient (Wildman–Crippen LogP) is 4.73.